The lowest BCUT2D eigenvalue weighted by Crippen LogP contribution is -2.42. The zero-order chi connectivity index (χ0) is 16.3. The van der Waals surface area contributed by atoms with E-state index in [1.165, 1.54) is 4.90 Å². The van der Waals surface area contributed by atoms with Crippen LogP contribution in [0.1, 0.15) is 10.5 Å². The van der Waals surface area contributed by atoms with Crippen molar-refractivity contribution in [1.82, 2.24) is 9.88 Å². The first-order chi connectivity index (χ1) is 10.4. The molecular weight excluding hydrogens is 378 g/mol. The highest BCUT2D eigenvalue weighted by atomic mass is 35.5. The molecule has 120 valence electrons. The van der Waals surface area contributed by atoms with Crippen LogP contribution in [0.15, 0.2) is 0 Å². The highest BCUT2D eigenvalue weighted by Gasteiger charge is 2.23. The van der Waals surface area contributed by atoms with Crippen molar-refractivity contribution in [3.63, 3.8) is 0 Å². The van der Waals surface area contributed by atoms with Crippen molar-refractivity contribution in [2.75, 3.05) is 32.9 Å². The van der Waals surface area contributed by atoms with E-state index < -0.39 is 12.6 Å². The average molecular weight is 388 g/mol. The molecular formula is C12H10Cl4N2O4. The lowest BCUT2D eigenvalue weighted by Gasteiger charge is -2.26. The highest BCUT2D eigenvalue weighted by Crippen LogP contribution is 2.36. The SMILES string of the molecule is O=C(OCC(=O)N1CCOCC1)c1nc(Cl)c(Cl)c(Cl)c1Cl. The fourth-order valence-corrected chi connectivity index (χ4v) is 2.53. The van der Waals surface area contributed by atoms with E-state index in [0.29, 0.717) is 26.3 Å². The predicted octanol–water partition coefficient (Wildman–Crippen LogP) is 2.71. The van der Waals surface area contributed by atoms with Crippen molar-refractivity contribution in [3.05, 3.63) is 25.9 Å². The molecule has 1 aromatic heterocycles. The molecule has 1 aliphatic rings. The number of carbonyl (C=O) groups is 2. The van der Waals surface area contributed by atoms with Gasteiger partial charge in [0.2, 0.25) is 0 Å². The summed E-state index contributed by atoms with van der Waals surface area (Å²) in [5, 5.41) is -0.522. The fraction of sp³-hybridized carbons (Fsp3) is 0.417. The molecule has 0 aromatic carbocycles. The summed E-state index contributed by atoms with van der Waals surface area (Å²) in [6.45, 7) is 1.38. The minimum atomic E-state index is -0.910. The van der Waals surface area contributed by atoms with Gasteiger partial charge in [-0.15, -0.1) is 0 Å². The maximum Gasteiger partial charge on any atom is 0.359 e. The lowest BCUT2D eigenvalue weighted by atomic mass is 10.3. The molecule has 10 heteroatoms. The Bertz CT molecular complexity index is 605. The Morgan fingerprint density at radius 3 is 2.36 bits per heavy atom. The minimum absolute atomic E-state index is 0.0609. The monoisotopic (exact) mass is 386 g/mol. The van der Waals surface area contributed by atoms with E-state index in [2.05, 4.69) is 4.98 Å². The molecule has 2 heterocycles. The Labute approximate surface area is 146 Å². The topological polar surface area (TPSA) is 68.7 Å². The van der Waals surface area contributed by atoms with Crippen LogP contribution < -0.4 is 0 Å². The first-order valence-corrected chi connectivity index (χ1v) is 7.65. The molecule has 0 aliphatic carbocycles. The number of halogens is 4. The molecule has 22 heavy (non-hydrogen) atoms. The molecule has 6 nitrogen and oxygen atoms in total. The van der Waals surface area contributed by atoms with Crippen LogP contribution >= 0.6 is 46.4 Å². The van der Waals surface area contributed by atoms with E-state index in [4.69, 9.17) is 55.9 Å². The lowest BCUT2D eigenvalue weighted by molar-refractivity contribution is -0.138. The van der Waals surface area contributed by atoms with E-state index in [-0.39, 0.29) is 31.8 Å². The first-order valence-electron chi connectivity index (χ1n) is 6.14. The number of pyridine rings is 1. The van der Waals surface area contributed by atoms with Gasteiger partial charge in [-0.3, -0.25) is 4.79 Å². The van der Waals surface area contributed by atoms with Crippen molar-refractivity contribution in [3.8, 4) is 0 Å². The number of hydrogen-bond acceptors (Lipinski definition) is 5. The summed E-state index contributed by atoms with van der Waals surface area (Å²) in [5.41, 5.74) is -0.296. The van der Waals surface area contributed by atoms with Gasteiger partial charge in [0, 0.05) is 13.1 Å². The molecule has 1 aliphatic heterocycles. The number of ether oxygens (including phenoxy) is 2. The standard InChI is InChI=1S/C12H10Cl4N2O4/c13-7-8(14)10(17-11(16)9(7)15)12(20)22-5-6(19)18-1-3-21-4-2-18/h1-5H2. The van der Waals surface area contributed by atoms with E-state index in [1.807, 2.05) is 0 Å². The molecule has 0 atom stereocenters. The third-order valence-corrected chi connectivity index (χ3v) is 4.55. The number of nitrogens with zero attached hydrogens (tertiary/aromatic N) is 2. The van der Waals surface area contributed by atoms with Gasteiger partial charge in [0.25, 0.3) is 5.91 Å². The summed E-state index contributed by atoms with van der Waals surface area (Å²) in [6.07, 6.45) is 0. The second kappa shape index (κ2) is 7.66. The normalized spacial score (nSPS) is 14.8. The van der Waals surface area contributed by atoms with Gasteiger partial charge in [0.15, 0.2) is 12.3 Å². The quantitative estimate of drug-likeness (QED) is 0.589. The first kappa shape index (κ1) is 17.6. The van der Waals surface area contributed by atoms with Gasteiger partial charge < -0.3 is 14.4 Å². The van der Waals surface area contributed by atoms with Gasteiger partial charge in [-0.25, -0.2) is 9.78 Å². The van der Waals surface area contributed by atoms with Crippen molar-refractivity contribution in [2.24, 2.45) is 0 Å². The summed E-state index contributed by atoms with van der Waals surface area (Å²) in [5.74, 6) is -1.24. The number of amides is 1. The van der Waals surface area contributed by atoms with Gasteiger partial charge in [0.1, 0.15) is 5.15 Å². The van der Waals surface area contributed by atoms with Gasteiger partial charge in [-0.1, -0.05) is 46.4 Å². The number of carbonyl (C=O) groups excluding carboxylic acids is 2. The van der Waals surface area contributed by atoms with Gasteiger partial charge in [-0.05, 0) is 0 Å². The second-order valence-electron chi connectivity index (χ2n) is 4.26. The summed E-state index contributed by atoms with van der Waals surface area (Å²) in [4.78, 5) is 29.1. The van der Waals surface area contributed by atoms with Gasteiger partial charge >= 0.3 is 5.97 Å². The molecule has 0 unspecified atom stereocenters. The summed E-state index contributed by atoms with van der Waals surface area (Å²) in [6, 6.07) is 0. The molecule has 0 saturated carbocycles. The van der Waals surface area contributed by atoms with E-state index in [1.54, 1.807) is 0 Å². The third-order valence-electron chi connectivity index (χ3n) is 2.87. The third kappa shape index (κ3) is 3.94. The number of rotatable bonds is 3. The van der Waals surface area contributed by atoms with Crippen LogP contribution in [0.5, 0.6) is 0 Å². The number of esters is 1. The highest BCUT2D eigenvalue weighted by molar-refractivity contribution is 6.52. The molecule has 1 amide bonds. The van der Waals surface area contributed by atoms with Crippen LogP contribution in [0.3, 0.4) is 0 Å². The van der Waals surface area contributed by atoms with Crippen LogP contribution in [0.2, 0.25) is 20.2 Å². The molecule has 0 radical (unpaired) electrons. The van der Waals surface area contributed by atoms with Crippen LogP contribution in [0.4, 0.5) is 0 Å². The predicted molar refractivity (Wildman–Crippen MR) is 82.0 cm³/mol. The summed E-state index contributed by atoms with van der Waals surface area (Å²) in [7, 11) is 0. The van der Waals surface area contributed by atoms with Crippen LogP contribution in [0, 0.1) is 0 Å². The van der Waals surface area contributed by atoms with Crippen LogP contribution in [-0.4, -0.2) is 54.7 Å². The van der Waals surface area contributed by atoms with E-state index in [9.17, 15) is 9.59 Å². The number of aromatic nitrogens is 1. The fourth-order valence-electron chi connectivity index (χ4n) is 1.72. The molecule has 0 bridgehead atoms. The van der Waals surface area contributed by atoms with Crippen LogP contribution in [0.25, 0.3) is 0 Å². The Kier molecular flexibility index (Phi) is 6.11. The van der Waals surface area contributed by atoms with Crippen molar-refractivity contribution in [2.45, 2.75) is 0 Å². The minimum Gasteiger partial charge on any atom is -0.451 e. The maximum atomic E-state index is 11.9. The molecule has 1 fully saturated rings. The van der Waals surface area contributed by atoms with E-state index >= 15 is 0 Å². The van der Waals surface area contributed by atoms with E-state index in [0.717, 1.165) is 0 Å². The van der Waals surface area contributed by atoms with Gasteiger partial charge in [-0.2, -0.15) is 0 Å². The summed E-state index contributed by atoms with van der Waals surface area (Å²) < 4.78 is 10.0. The zero-order valence-corrected chi connectivity index (χ0v) is 14.1. The van der Waals surface area contributed by atoms with Crippen molar-refractivity contribution >= 4 is 58.3 Å². The van der Waals surface area contributed by atoms with Crippen molar-refractivity contribution < 1.29 is 19.1 Å². The van der Waals surface area contributed by atoms with Crippen molar-refractivity contribution in [1.29, 1.82) is 0 Å². The zero-order valence-electron chi connectivity index (χ0n) is 11.1. The second-order valence-corrected chi connectivity index (χ2v) is 5.75. The molecule has 0 spiro atoms. The molecule has 1 aromatic rings. The summed E-state index contributed by atoms with van der Waals surface area (Å²) >= 11 is 23.2. The Morgan fingerprint density at radius 2 is 1.73 bits per heavy atom. The Balaban J connectivity index is 2.02. The van der Waals surface area contributed by atoms with Gasteiger partial charge in [0.05, 0.1) is 28.3 Å². The van der Waals surface area contributed by atoms with Crippen LogP contribution in [-0.2, 0) is 14.3 Å². The molecule has 1 saturated heterocycles. The average Bonchev–Trinajstić information content (AvgIpc) is 2.54. The maximum absolute atomic E-state index is 11.9. The Hall–Kier alpha value is -0.790. The number of hydrogen-bond donors (Lipinski definition) is 0. The smallest absolute Gasteiger partial charge is 0.359 e. The molecule has 0 N–H and O–H groups in total. The molecule has 2 rings (SSSR count). The Morgan fingerprint density at radius 1 is 1.09 bits per heavy atom. The largest absolute Gasteiger partial charge is 0.451 e. The number of morpholine rings is 1.